The van der Waals surface area contributed by atoms with Crippen molar-refractivity contribution in [2.75, 3.05) is 19.8 Å². The summed E-state index contributed by atoms with van der Waals surface area (Å²) >= 11 is 0. The van der Waals surface area contributed by atoms with Gasteiger partial charge in [-0.25, -0.2) is 0 Å². The fourth-order valence-electron chi connectivity index (χ4n) is 1.95. The summed E-state index contributed by atoms with van der Waals surface area (Å²) < 4.78 is 10.6. The predicted molar refractivity (Wildman–Crippen MR) is 55.3 cm³/mol. The minimum Gasteiger partial charge on any atom is -0.391 e. The van der Waals surface area contributed by atoms with Gasteiger partial charge in [0.15, 0.2) is 0 Å². The molecule has 3 heteroatoms. The van der Waals surface area contributed by atoms with Gasteiger partial charge in [-0.1, -0.05) is 0 Å². The number of hydrogen-bond acceptors (Lipinski definition) is 3. The van der Waals surface area contributed by atoms with Gasteiger partial charge in [0.2, 0.25) is 0 Å². The molecule has 84 valence electrons. The van der Waals surface area contributed by atoms with E-state index in [1.54, 1.807) is 0 Å². The smallest absolute Gasteiger partial charge is 0.0776 e. The van der Waals surface area contributed by atoms with E-state index < -0.39 is 0 Å². The van der Waals surface area contributed by atoms with Gasteiger partial charge in [-0.2, -0.15) is 0 Å². The monoisotopic (exact) mass is 202 g/mol. The first-order valence-electron chi connectivity index (χ1n) is 5.63. The van der Waals surface area contributed by atoms with Gasteiger partial charge in [0, 0.05) is 13.2 Å². The van der Waals surface area contributed by atoms with Crippen molar-refractivity contribution < 1.29 is 14.6 Å². The van der Waals surface area contributed by atoms with Crippen LogP contribution in [-0.2, 0) is 9.47 Å². The number of ether oxygens (including phenoxy) is 2. The molecule has 1 rings (SSSR count). The van der Waals surface area contributed by atoms with Crippen LogP contribution in [0.1, 0.15) is 33.1 Å². The van der Waals surface area contributed by atoms with Gasteiger partial charge >= 0.3 is 0 Å². The molecule has 0 amide bonds. The highest BCUT2D eigenvalue weighted by atomic mass is 16.5. The molecule has 1 atom stereocenters. The topological polar surface area (TPSA) is 38.7 Å². The van der Waals surface area contributed by atoms with Crippen molar-refractivity contribution in [2.45, 2.75) is 45.3 Å². The second kappa shape index (κ2) is 6.38. The van der Waals surface area contributed by atoms with Crippen molar-refractivity contribution in [2.24, 2.45) is 5.92 Å². The van der Waals surface area contributed by atoms with E-state index in [9.17, 15) is 5.11 Å². The molecule has 14 heavy (non-hydrogen) atoms. The first kappa shape index (κ1) is 12.0. The molecule has 0 aromatic carbocycles. The summed E-state index contributed by atoms with van der Waals surface area (Å²) in [5.41, 5.74) is 0. The van der Waals surface area contributed by atoms with Crippen molar-refractivity contribution in [1.82, 2.24) is 0 Å². The maximum atomic E-state index is 9.57. The second-order valence-corrected chi connectivity index (χ2v) is 3.96. The molecule has 0 saturated heterocycles. The summed E-state index contributed by atoms with van der Waals surface area (Å²) in [4.78, 5) is 0. The van der Waals surface area contributed by atoms with Gasteiger partial charge in [0.25, 0.3) is 0 Å². The van der Waals surface area contributed by atoms with Crippen LogP contribution in [0.3, 0.4) is 0 Å². The van der Waals surface area contributed by atoms with Gasteiger partial charge in [0.05, 0.1) is 18.8 Å². The largest absolute Gasteiger partial charge is 0.391 e. The Labute approximate surface area is 86.4 Å². The molecule has 0 aromatic rings. The Bertz CT molecular complexity index is 143. The molecular weight excluding hydrogens is 180 g/mol. The van der Waals surface area contributed by atoms with E-state index >= 15 is 0 Å². The Morgan fingerprint density at radius 2 is 2.00 bits per heavy atom. The first-order chi connectivity index (χ1) is 6.76. The van der Waals surface area contributed by atoms with Crippen LogP contribution in [0.25, 0.3) is 0 Å². The van der Waals surface area contributed by atoms with E-state index in [-0.39, 0.29) is 6.10 Å². The van der Waals surface area contributed by atoms with E-state index in [0.717, 1.165) is 25.9 Å². The molecule has 1 aliphatic rings. The molecule has 0 heterocycles. The highest BCUT2D eigenvalue weighted by Crippen LogP contribution is 2.33. The summed E-state index contributed by atoms with van der Waals surface area (Å²) in [6.45, 7) is 5.94. The van der Waals surface area contributed by atoms with Crippen LogP contribution in [0.5, 0.6) is 0 Å². The number of aliphatic hydroxyl groups excluding tert-OH is 1. The lowest BCUT2D eigenvalue weighted by Crippen LogP contribution is -2.34. The van der Waals surface area contributed by atoms with E-state index in [4.69, 9.17) is 9.47 Å². The van der Waals surface area contributed by atoms with E-state index in [2.05, 4.69) is 0 Å². The zero-order chi connectivity index (χ0) is 10.4. The van der Waals surface area contributed by atoms with Crippen LogP contribution in [0.4, 0.5) is 0 Å². The van der Waals surface area contributed by atoms with Gasteiger partial charge in [0.1, 0.15) is 0 Å². The van der Waals surface area contributed by atoms with Gasteiger partial charge < -0.3 is 14.6 Å². The Hall–Kier alpha value is -0.120. The zero-order valence-electron chi connectivity index (χ0n) is 9.24. The van der Waals surface area contributed by atoms with Crippen molar-refractivity contribution in [3.63, 3.8) is 0 Å². The van der Waals surface area contributed by atoms with Gasteiger partial charge in [-0.15, -0.1) is 0 Å². The Morgan fingerprint density at radius 3 is 2.57 bits per heavy atom. The second-order valence-electron chi connectivity index (χ2n) is 3.96. The lowest BCUT2D eigenvalue weighted by atomic mass is 9.79. The van der Waals surface area contributed by atoms with E-state index in [1.807, 2.05) is 13.8 Å². The first-order valence-corrected chi connectivity index (χ1v) is 5.63. The molecule has 1 saturated carbocycles. The summed E-state index contributed by atoms with van der Waals surface area (Å²) in [7, 11) is 0. The molecule has 1 aliphatic carbocycles. The minimum atomic E-state index is -0.289. The average molecular weight is 202 g/mol. The molecule has 1 N–H and O–H groups in total. The highest BCUT2D eigenvalue weighted by Gasteiger charge is 2.30. The summed E-state index contributed by atoms with van der Waals surface area (Å²) in [5, 5.41) is 9.57. The van der Waals surface area contributed by atoms with E-state index in [1.165, 1.54) is 0 Å². The molecular formula is C11H22O3. The Balaban J connectivity index is 1.98. The average Bonchev–Trinajstić information content (AvgIpc) is 2.11. The molecule has 0 radical (unpaired) electrons. The van der Waals surface area contributed by atoms with E-state index in [0.29, 0.717) is 25.2 Å². The highest BCUT2D eigenvalue weighted by molar-refractivity contribution is 4.81. The fraction of sp³-hybridized carbons (Fsp3) is 1.00. The fourth-order valence-corrected chi connectivity index (χ4v) is 1.95. The summed E-state index contributed by atoms with van der Waals surface area (Å²) in [6.07, 6.45) is 3.24. The number of aliphatic hydroxyl groups is 1. The van der Waals surface area contributed by atoms with Gasteiger partial charge in [-0.3, -0.25) is 0 Å². The maximum absolute atomic E-state index is 9.57. The Morgan fingerprint density at radius 1 is 1.29 bits per heavy atom. The summed E-state index contributed by atoms with van der Waals surface area (Å²) in [5.74, 6) is 0.641. The van der Waals surface area contributed by atoms with Crippen LogP contribution in [0.2, 0.25) is 0 Å². The van der Waals surface area contributed by atoms with Crippen molar-refractivity contribution in [1.29, 1.82) is 0 Å². The van der Waals surface area contributed by atoms with Crippen LogP contribution in [0.15, 0.2) is 0 Å². The third-order valence-corrected chi connectivity index (χ3v) is 2.71. The van der Waals surface area contributed by atoms with Crippen LogP contribution >= 0.6 is 0 Å². The normalized spacial score (nSPS) is 28.5. The van der Waals surface area contributed by atoms with Crippen molar-refractivity contribution >= 4 is 0 Å². The van der Waals surface area contributed by atoms with Crippen LogP contribution < -0.4 is 0 Å². The zero-order valence-corrected chi connectivity index (χ0v) is 9.24. The number of rotatable bonds is 7. The molecule has 0 bridgehead atoms. The maximum Gasteiger partial charge on any atom is 0.0776 e. The lowest BCUT2D eigenvalue weighted by Gasteiger charge is -2.35. The van der Waals surface area contributed by atoms with Crippen molar-refractivity contribution in [3.05, 3.63) is 0 Å². The predicted octanol–water partition coefficient (Wildman–Crippen LogP) is 1.59. The lowest BCUT2D eigenvalue weighted by molar-refractivity contribution is -0.0473. The molecule has 0 aromatic heterocycles. The molecule has 1 unspecified atom stereocenters. The van der Waals surface area contributed by atoms with Crippen LogP contribution in [0, 0.1) is 5.92 Å². The standard InChI is InChI=1S/C11H22O3/c1-3-13-8-10(12)5-9-6-11(7-9)14-4-2/h9-12H,3-8H2,1-2H3. The Kier molecular flexibility index (Phi) is 5.45. The number of hydrogen-bond donors (Lipinski definition) is 1. The quantitative estimate of drug-likeness (QED) is 0.681. The minimum absolute atomic E-state index is 0.289. The van der Waals surface area contributed by atoms with Gasteiger partial charge in [-0.05, 0) is 39.0 Å². The van der Waals surface area contributed by atoms with Crippen molar-refractivity contribution in [3.8, 4) is 0 Å². The molecule has 0 aliphatic heterocycles. The SMILES string of the molecule is CCOCC(O)CC1CC(OCC)C1. The van der Waals surface area contributed by atoms with Crippen LogP contribution in [-0.4, -0.2) is 37.1 Å². The third-order valence-electron chi connectivity index (χ3n) is 2.71. The molecule has 1 fully saturated rings. The summed E-state index contributed by atoms with van der Waals surface area (Å²) in [6, 6.07) is 0. The molecule has 0 spiro atoms. The molecule has 3 nitrogen and oxygen atoms in total. The third kappa shape index (κ3) is 3.95.